The number of carboxylic acids is 1. The largest absolute Gasteiger partial charge is 0.507 e. The number of hydrogen-bond acceptors (Lipinski definition) is 4. The fraction of sp³-hybridized carbons (Fsp3) is 0.364. The average Bonchev–Trinajstić information content (AvgIpc) is 2.14. The van der Waals surface area contributed by atoms with Gasteiger partial charge in [-0.2, -0.15) is 0 Å². The van der Waals surface area contributed by atoms with Crippen molar-refractivity contribution in [1.82, 2.24) is 0 Å². The van der Waals surface area contributed by atoms with Gasteiger partial charge < -0.3 is 10.2 Å². The fourth-order valence-corrected chi connectivity index (χ4v) is 1.83. The lowest BCUT2D eigenvalue weighted by Crippen LogP contribution is -2.33. The van der Waals surface area contributed by atoms with Crippen LogP contribution >= 0.6 is 0 Å². The van der Waals surface area contributed by atoms with Crippen molar-refractivity contribution >= 4 is 21.7 Å². The Hall–Kier alpha value is -1.76. The highest BCUT2D eigenvalue weighted by molar-refractivity contribution is 7.94. The summed E-state index contributed by atoms with van der Waals surface area (Å²) in [5.74, 6) is -1.77. The van der Waals surface area contributed by atoms with Gasteiger partial charge in [0.2, 0.25) is 10.0 Å². The van der Waals surface area contributed by atoms with Crippen LogP contribution in [0.25, 0.3) is 0 Å². The van der Waals surface area contributed by atoms with Gasteiger partial charge in [0.05, 0.1) is 10.4 Å². The molecule has 0 saturated carbocycles. The SMILES string of the molecule is CC(C)(C)S(=O)(=O)Nc1ccc(C(=O)O)c(O)c1. The smallest absolute Gasteiger partial charge is 0.339 e. The molecule has 1 aromatic carbocycles. The summed E-state index contributed by atoms with van der Waals surface area (Å²) in [7, 11) is -3.61. The maximum absolute atomic E-state index is 11.8. The molecular weight excluding hydrogens is 258 g/mol. The third-order valence-electron chi connectivity index (χ3n) is 2.29. The number of rotatable bonds is 3. The highest BCUT2D eigenvalue weighted by Gasteiger charge is 2.29. The number of nitrogens with one attached hydrogen (secondary N) is 1. The Morgan fingerprint density at radius 3 is 2.22 bits per heavy atom. The minimum Gasteiger partial charge on any atom is -0.507 e. The zero-order valence-corrected chi connectivity index (χ0v) is 11.1. The molecule has 0 aliphatic carbocycles. The molecule has 0 spiro atoms. The zero-order valence-electron chi connectivity index (χ0n) is 10.3. The molecule has 0 bridgehead atoms. The third-order valence-corrected chi connectivity index (χ3v) is 4.40. The number of anilines is 1. The van der Waals surface area contributed by atoms with Crippen LogP contribution in [-0.2, 0) is 10.0 Å². The highest BCUT2D eigenvalue weighted by Crippen LogP contribution is 2.25. The van der Waals surface area contributed by atoms with Gasteiger partial charge in [-0.15, -0.1) is 0 Å². The second-order valence-corrected chi connectivity index (χ2v) is 7.19. The van der Waals surface area contributed by atoms with Crippen LogP contribution < -0.4 is 4.72 Å². The van der Waals surface area contributed by atoms with E-state index in [0.717, 1.165) is 12.1 Å². The van der Waals surface area contributed by atoms with Crippen LogP contribution in [-0.4, -0.2) is 29.3 Å². The molecule has 0 amide bonds. The topological polar surface area (TPSA) is 104 Å². The van der Waals surface area contributed by atoms with Crippen molar-refractivity contribution in [3.63, 3.8) is 0 Å². The summed E-state index contributed by atoms with van der Waals surface area (Å²) in [4.78, 5) is 10.7. The molecule has 1 aromatic rings. The summed E-state index contributed by atoms with van der Waals surface area (Å²) in [6.07, 6.45) is 0. The lowest BCUT2D eigenvalue weighted by atomic mass is 10.2. The van der Waals surface area contributed by atoms with E-state index in [-0.39, 0.29) is 11.3 Å². The van der Waals surface area contributed by atoms with Crippen molar-refractivity contribution in [2.75, 3.05) is 4.72 Å². The zero-order chi connectivity index (χ0) is 14.1. The van der Waals surface area contributed by atoms with Crippen molar-refractivity contribution in [3.8, 4) is 5.75 Å². The van der Waals surface area contributed by atoms with Crippen LogP contribution in [0.5, 0.6) is 5.75 Å². The Morgan fingerprint density at radius 1 is 1.28 bits per heavy atom. The van der Waals surface area contributed by atoms with Gasteiger partial charge in [0.15, 0.2) is 0 Å². The molecule has 100 valence electrons. The van der Waals surface area contributed by atoms with Crippen LogP contribution in [0.1, 0.15) is 31.1 Å². The van der Waals surface area contributed by atoms with E-state index in [4.69, 9.17) is 5.11 Å². The van der Waals surface area contributed by atoms with Gasteiger partial charge in [-0.25, -0.2) is 13.2 Å². The first-order valence-electron chi connectivity index (χ1n) is 5.13. The molecule has 0 atom stereocenters. The maximum atomic E-state index is 11.8. The van der Waals surface area contributed by atoms with Crippen molar-refractivity contribution in [2.24, 2.45) is 0 Å². The van der Waals surface area contributed by atoms with E-state index in [9.17, 15) is 18.3 Å². The monoisotopic (exact) mass is 273 g/mol. The number of carboxylic acid groups (broad SMARTS) is 1. The molecule has 1 rings (SSSR count). The Morgan fingerprint density at radius 2 is 1.83 bits per heavy atom. The summed E-state index contributed by atoms with van der Waals surface area (Å²) in [5, 5.41) is 18.2. The van der Waals surface area contributed by atoms with Gasteiger partial charge >= 0.3 is 5.97 Å². The lowest BCUT2D eigenvalue weighted by molar-refractivity contribution is 0.0694. The molecule has 0 aliphatic heterocycles. The number of benzene rings is 1. The van der Waals surface area contributed by atoms with Crippen LogP contribution in [0.2, 0.25) is 0 Å². The summed E-state index contributed by atoms with van der Waals surface area (Å²) in [6.45, 7) is 4.59. The van der Waals surface area contributed by atoms with Gasteiger partial charge in [0, 0.05) is 6.07 Å². The second kappa shape index (κ2) is 4.49. The van der Waals surface area contributed by atoms with E-state index in [0.29, 0.717) is 0 Å². The Kier molecular flexibility index (Phi) is 3.57. The standard InChI is InChI=1S/C11H15NO5S/c1-11(2,3)18(16,17)12-7-4-5-8(10(14)15)9(13)6-7/h4-6,12-13H,1-3H3,(H,14,15). The summed E-state index contributed by atoms with van der Waals surface area (Å²) < 4.78 is 25.0. The molecule has 0 radical (unpaired) electrons. The first-order chi connectivity index (χ1) is 8.04. The van der Waals surface area contributed by atoms with Crippen LogP contribution in [0.15, 0.2) is 18.2 Å². The summed E-state index contributed by atoms with van der Waals surface area (Å²) >= 11 is 0. The maximum Gasteiger partial charge on any atom is 0.339 e. The Bertz CT molecular complexity index is 572. The first-order valence-corrected chi connectivity index (χ1v) is 6.61. The lowest BCUT2D eigenvalue weighted by Gasteiger charge is -2.20. The minimum atomic E-state index is -3.61. The molecule has 0 aliphatic rings. The Labute approximate surface area is 105 Å². The summed E-state index contributed by atoms with van der Waals surface area (Å²) in [5.41, 5.74) is -0.166. The molecule has 0 fully saturated rings. The number of phenols is 1. The van der Waals surface area contributed by atoms with E-state index in [2.05, 4.69) is 4.72 Å². The van der Waals surface area contributed by atoms with Crippen molar-refractivity contribution < 1.29 is 23.4 Å². The molecular formula is C11H15NO5S. The first kappa shape index (κ1) is 14.3. The highest BCUT2D eigenvalue weighted by atomic mass is 32.2. The van der Waals surface area contributed by atoms with E-state index < -0.39 is 26.5 Å². The molecule has 0 aromatic heterocycles. The van der Waals surface area contributed by atoms with Crippen molar-refractivity contribution in [2.45, 2.75) is 25.5 Å². The molecule has 0 saturated heterocycles. The van der Waals surface area contributed by atoms with Gasteiger partial charge in [-0.05, 0) is 32.9 Å². The molecule has 0 heterocycles. The average molecular weight is 273 g/mol. The number of sulfonamides is 1. The number of hydrogen-bond donors (Lipinski definition) is 3. The number of carbonyl (C=O) groups is 1. The predicted octanol–water partition coefficient (Wildman–Crippen LogP) is 1.63. The predicted molar refractivity (Wildman–Crippen MR) is 67.4 cm³/mol. The Balaban J connectivity index is 3.09. The second-order valence-electron chi connectivity index (χ2n) is 4.75. The quantitative estimate of drug-likeness (QED) is 0.776. The normalized spacial score (nSPS) is 12.2. The van der Waals surface area contributed by atoms with Crippen LogP contribution in [0.4, 0.5) is 5.69 Å². The van der Waals surface area contributed by atoms with Crippen molar-refractivity contribution in [3.05, 3.63) is 23.8 Å². The van der Waals surface area contributed by atoms with Crippen LogP contribution in [0, 0.1) is 0 Å². The van der Waals surface area contributed by atoms with Gasteiger partial charge in [-0.3, -0.25) is 4.72 Å². The van der Waals surface area contributed by atoms with Crippen molar-refractivity contribution in [1.29, 1.82) is 0 Å². The van der Waals surface area contributed by atoms with Crippen LogP contribution in [0.3, 0.4) is 0 Å². The fourth-order valence-electron chi connectivity index (χ4n) is 1.08. The number of aromatic carboxylic acids is 1. The third kappa shape index (κ3) is 2.92. The van der Waals surface area contributed by atoms with E-state index in [1.807, 2.05) is 0 Å². The molecule has 18 heavy (non-hydrogen) atoms. The van der Waals surface area contributed by atoms with E-state index in [1.54, 1.807) is 0 Å². The van der Waals surface area contributed by atoms with E-state index >= 15 is 0 Å². The van der Waals surface area contributed by atoms with Gasteiger partial charge in [-0.1, -0.05) is 0 Å². The molecule has 0 unspecified atom stereocenters. The molecule has 6 nitrogen and oxygen atoms in total. The molecule has 3 N–H and O–H groups in total. The van der Waals surface area contributed by atoms with E-state index in [1.165, 1.54) is 26.8 Å². The molecule has 7 heteroatoms. The van der Waals surface area contributed by atoms with Gasteiger partial charge in [0.25, 0.3) is 0 Å². The number of aromatic hydroxyl groups is 1. The van der Waals surface area contributed by atoms with Gasteiger partial charge in [0.1, 0.15) is 11.3 Å². The summed E-state index contributed by atoms with van der Waals surface area (Å²) in [6, 6.07) is 3.48. The minimum absolute atomic E-state index is 0.118.